The van der Waals surface area contributed by atoms with Gasteiger partial charge in [-0.25, -0.2) is 0 Å². The van der Waals surface area contributed by atoms with Gasteiger partial charge < -0.3 is 18.9 Å². The lowest BCUT2D eigenvalue weighted by atomic mass is 9.92. The maximum absolute atomic E-state index is 13.8. The monoisotopic (exact) mass is 354 g/mol. The van der Waals surface area contributed by atoms with Gasteiger partial charge in [-0.3, -0.25) is 0 Å². The Balaban J connectivity index is 2.00. The summed E-state index contributed by atoms with van der Waals surface area (Å²) in [4.78, 5) is 0. The molecule has 0 aromatic rings. The summed E-state index contributed by atoms with van der Waals surface area (Å²) in [5.74, 6) is 0. The molecule has 4 atom stereocenters. The summed E-state index contributed by atoms with van der Waals surface area (Å²) in [5.41, 5.74) is -2.25. The van der Waals surface area contributed by atoms with Gasteiger partial charge in [-0.15, -0.1) is 0 Å². The topological polar surface area (TPSA) is 36.9 Å². The lowest BCUT2D eigenvalue weighted by molar-refractivity contribution is -0.339. The van der Waals surface area contributed by atoms with Crippen molar-refractivity contribution in [2.75, 3.05) is 13.2 Å². The van der Waals surface area contributed by atoms with Gasteiger partial charge in [0.15, 0.2) is 18.2 Å². The number of rotatable bonds is 7. The minimum Gasteiger partial charge on any atom is -0.353 e. The molecule has 2 heterocycles. The first kappa shape index (κ1) is 19.9. The molecular formula is C17H29F3O4. The third-order valence-electron chi connectivity index (χ3n) is 4.72. The van der Waals surface area contributed by atoms with Crippen molar-refractivity contribution >= 4 is 0 Å². The first-order valence-electron chi connectivity index (χ1n) is 8.99. The molecule has 0 N–H and O–H groups in total. The van der Waals surface area contributed by atoms with Gasteiger partial charge in [0.05, 0.1) is 6.10 Å². The summed E-state index contributed by atoms with van der Waals surface area (Å²) < 4.78 is 63.4. The second-order valence-electron chi connectivity index (χ2n) is 6.71. The van der Waals surface area contributed by atoms with Crippen molar-refractivity contribution in [3.05, 3.63) is 0 Å². The van der Waals surface area contributed by atoms with E-state index in [0.717, 1.165) is 32.1 Å². The van der Waals surface area contributed by atoms with Crippen LogP contribution in [0.2, 0.25) is 0 Å². The first-order chi connectivity index (χ1) is 11.4. The average Bonchev–Trinajstić information content (AvgIpc) is 2.55. The molecule has 24 heavy (non-hydrogen) atoms. The summed E-state index contributed by atoms with van der Waals surface area (Å²) in [6.45, 7) is 4.20. The highest BCUT2D eigenvalue weighted by molar-refractivity contribution is 4.90. The largest absolute Gasteiger partial charge is 0.417 e. The number of halogens is 3. The third kappa shape index (κ3) is 5.31. The molecule has 0 aromatic carbocycles. The molecule has 2 aliphatic heterocycles. The van der Waals surface area contributed by atoms with Crippen LogP contribution < -0.4 is 0 Å². The van der Waals surface area contributed by atoms with E-state index < -0.39 is 30.5 Å². The van der Waals surface area contributed by atoms with Crippen molar-refractivity contribution in [3.8, 4) is 0 Å². The highest BCUT2D eigenvalue weighted by Gasteiger charge is 2.56. The fraction of sp³-hybridized carbons (Fsp3) is 1.00. The molecule has 0 radical (unpaired) electrons. The van der Waals surface area contributed by atoms with Gasteiger partial charge in [-0.05, 0) is 51.9 Å². The summed E-state index contributed by atoms with van der Waals surface area (Å²) >= 11 is 0. The van der Waals surface area contributed by atoms with Crippen LogP contribution >= 0.6 is 0 Å². The van der Waals surface area contributed by atoms with Gasteiger partial charge >= 0.3 is 6.18 Å². The van der Waals surface area contributed by atoms with E-state index in [0.29, 0.717) is 19.6 Å². The maximum Gasteiger partial charge on any atom is 0.417 e. The van der Waals surface area contributed by atoms with E-state index in [2.05, 4.69) is 0 Å². The predicted octanol–water partition coefficient (Wildman–Crippen LogP) is 4.56. The molecule has 0 amide bonds. The van der Waals surface area contributed by atoms with Crippen LogP contribution in [-0.4, -0.2) is 43.7 Å². The van der Waals surface area contributed by atoms with Crippen LogP contribution in [0.1, 0.15) is 65.2 Å². The van der Waals surface area contributed by atoms with E-state index in [9.17, 15) is 13.2 Å². The SMILES string of the molecule is CCC(CC(C)OC1CCCCO1)(OC1CCCCO1)C(F)(F)F. The molecule has 4 nitrogen and oxygen atoms in total. The fourth-order valence-corrected chi connectivity index (χ4v) is 3.30. The summed E-state index contributed by atoms with van der Waals surface area (Å²) in [6, 6.07) is 0. The lowest BCUT2D eigenvalue weighted by Gasteiger charge is -2.40. The van der Waals surface area contributed by atoms with Gasteiger partial charge in [-0.2, -0.15) is 13.2 Å². The average molecular weight is 354 g/mol. The third-order valence-corrected chi connectivity index (χ3v) is 4.72. The molecule has 2 rings (SSSR count). The Morgan fingerprint density at radius 2 is 1.58 bits per heavy atom. The van der Waals surface area contributed by atoms with Crippen molar-refractivity contribution in [1.29, 1.82) is 0 Å². The maximum atomic E-state index is 13.8. The molecule has 0 saturated carbocycles. The highest BCUT2D eigenvalue weighted by Crippen LogP contribution is 2.42. The molecule has 0 spiro atoms. The summed E-state index contributed by atoms with van der Waals surface area (Å²) in [5, 5.41) is 0. The van der Waals surface area contributed by atoms with Crippen molar-refractivity contribution < 1.29 is 32.1 Å². The van der Waals surface area contributed by atoms with Crippen molar-refractivity contribution in [3.63, 3.8) is 0 Å². The fourth-order valence-electron chi connectivity index (χ4n) is 3.30. The number of alkyl halides is 3. The zero-order valence-electron chi connectivity index (χ0n) is 14.6. The highest BCUT2D eigenvalue weighted by atomic mass is 19.4. The lowest BCUT2D eigenvalue weighted by Crippen LogP contribution is -2.52. The molecule has 2 aliphatic rings. The predicted molar refractivity (Wildman–Crippen MR) is 82.5 cm³/mol. The molecule has 7 heteroatoms. The van der Waals surface area contributed by atoms with Crippen LogP contribution in [0.25, 0.3) is 0 Å². The zero-order chi connectivity index (χ0) is 17.6. The van der Waals surface area contributed by atoms with Crippen LogP contribution in [0.15, 0.2) is 0 Å². The quantitative estimate of drug-likeness (QED) is 0.671. The van der Waals surface area contributed by atoms with Crippen molar-refractivity contribution in [2.24, 2.45) is 0 Å². The Bertz CT molecular complexity index is 365. The molecular weight excluding hydrogens is 325 g/mol. The molecule has 2 fully saturated rings. The van der Waals surface area contributed by atoms with Crippen molar-refractivity contribution in [1.82, 2.24) is 0 Å². The minimum absolute atomic E-state index is 0.171. The van der Waals surface area contributed by atoms with Crippen molar-refractivity contribution in [2.45, 2.75) is 95.7 Å². The van der Waals surface area contributed by atoms with E-state index in [1.54, 1.807) is 6.92 Å². The van der Waals surface area contributed by atoms with Gasteiger partial charge in [0, 0.05) is 19.6 Å². The second kappa shape index (κ2) is 8.83. The molecule has 2 saturated heterocycles. The Morgan fingerprint density at radius 3 is 2.04 bits per heavy atom. The molecule has 142 valence electrons. The van der Waals surface area contributed by atoms with Crippen LogP contribution in [0.3, 0.4) is 0 Å². The van der Waals surface area contributed by atoms with E-state index >= 15 is 0 Å². The normalized spacial score (nSPS) is 29.9. The summed E-state index contributed by atoms with van der Waals surface area (Å²) in [6.07, 6.45) is -1.87. The minimum atomic E-state index is -4.48. The second-order valence-corrected chi connectivity index (χ2v) is 6.71. The van der Waals surface area contributed by atoms with Crippen LogP contribution in [0, 0.1) is 0 Å². The zero-order valence-corrected chi connectivity index (χ0v) is 14.6. The van der Waals surface area contributed by atoms with E-state index in [1.807, 2.05) is 0 Å². The van der Waals surface area contributed by atoms with E-state index in [-0.39, 0.29) is 12.8 Å². The van der Waals surface area contributed by atoms with Crippen LogP contribution in [0.5, 0.6) is 0 Å². The Morgan fingerprint density at radius 1 is 1.00 bits per heavy atom. The number of hydrogen-bond donors (Lipinski definition) is 0. The van der Waals surface area contributed by atoms with Gasteiger partial charge in [0.25, 0.3) is 0 Å². The smallest absolute Gasteiger partial charge is 0.353 e. The van der Waals surface area contributed by atoms with E-state index in [4.69, 9.17) is 18.9 Å². The Labute approximate surface area is 142 Å². The summed E-state index contributed by atoms with van der Waals surface area (Å²) in [7, 11) is 0. The number of hydrogen-bond acceptors (Lipinski definition) is 4. The Hall–Kier alpha value is -0.370. The van der Waals surface area contributed by atoms with E-state index in [1.165, 1.54) is 6.92 Å². The molecule has 0 aromatic heterocycles. The van der Waals surface area contributed by atoms with Crippen LogP contribution in [-0.2, 0) is 18.9 Å². The van der Waals surface area contributed by atoms with Gasteiger partial charge in [0.2, 0.25) is 0 Å². The van der Waals surface area contributed by atoms with Gasteiger partial charge in [0.1, 0.15) is 0 Å². The van der Waals surface area contributed by atoms with Gasteiger partial charge in [-0.1, -0.05) is 6.92 Å². The first-order valence-corrected chi connectivity index (χ1v) is 8.99. The molecule has 0 aliphatic carbocycles. The molecule has 0 bridgehead atoms. The standard InChI is InChI=1S/C17H29F3O4/c1-3-16(17(18,19)20,24-15-9-5-7-11-22-15)12-13(2)23-14-8-4-6-10-21-14/h13-15H,3-12H2,1-2H3. The van der Waals surface area contributed by atoms with Crippen LogP contribution in [0.4, 0.5) is 13.2 Å². The Kier molecular flexibility index (Phi) is 7.34. The number of ether oxygens (including phenoxy) is 4. The molecule has 4 unspecified atom stereocenters.